The van der Waals surface area contributed by atoms with Gasteiger partial charge in [0, 0.05) is 0 Å². The largest absolute Gasteiger partial charge is 0.356 e. The molecule has 0 heterocycles. The highest BCUT2D eigenvalue weighted by Gasteiger charge is 2.11. The van der Waals surface area contributed by atoms with Crippen molar-refractivity contribution in [3.8, 4) is 0 Å². The first kappa shape index (κ1) is 10.8. The van der Waals surface area contributed by atoms with Crippen molar-refractivity contribution < 1.29 is 18.2 Å². The van der Waals surface area contributed by atoms with Crippen LogP contribution in [0.5, 0.6) is 0 Å². The predicted octanol–water partition coefficient (Wildman–Crippen LogP) is 2.31. The summed E-state index contributed by atoms with van der Waals surface area (Å²) in [5, 5.41) is 0. The molecular weight excluding hydrogens is 231 g/mol. The molecule has 14 heavy (non-hydrogen) atoms. The van der Waals surface area contributed by atoms with Gasteiger partial charge in [0.05, 0.1) is 11.1 Å². The van der Waals surface area contributed by atoms with Crippen LogP contribution in [0.15, 0.2) is 24.3 Å². The number of carbonyl (C=O) groups excluding carboxylic acids is 2. The van der Waals surface area contributed by atoms with Crippen molar-refractivity contribution in [2.75, 3.05) is 0 Å². The smallest absolute Gasteiger partial charge is 0.343 e. The lowest BCUT2D eigenvalue weighted by molar-refractivity contribution is 0.0751. The standard InChI is InChI=1S/C8H4Cl2O4/c9-13-7(11)5-2-1-3-6(4-5)8(12)14-10/h1-4H. The zero-order valence-corrected chi connectivity index (χ0v) is 8.21. The Bertz CT molecular complexity index is 333. The molecule has 0 aliphatic heterocycles. The molecule has 0 bridgehead atoms. The van der Waals surface area contributed by atoms with Crippen molar-refractivity contribution in [1.29, 1.82) is 0 Å². The minimum absolute atomic E-state index is 0.138. The highest BCUT2D eigenvalue weighted by Crippen LogP contribution is 2.09. The summed E-state index contributed by atoms with van der Waals surface area (Å²) in [5.74, 6) is -1.51. The van der Waals surface area contributed by atoms with Crippen LogP contribution in [0.25, 0.3) is 0 Å². The van der Waals surface area contributed by atoms with E-state index >= 15 is 0 Å². The first-order valence-electron chi connectivity index (χ1n) is 3.45. The average molecular weight is 235 g/mol. The first-order chi connectivity index (χ1) is 6.69. The number of carbonyl (C=O) groups is 2. The predicted molar refractivity (Wildman–Crippen MR) is 49.0 cm³/mol. The van der Waals surface area contributed by atoms with Crippen LogP contribution in [0.4, 0.5) is 0 Å². The van der Waals surface area contributed by atoms with Crippen molar-refractivity contribution in [1.82, 2.24) is 0 Å². The van der Waals surface area contributed by atoms with Gasteiger partial charge < -0.3 is 8.58 Å². The number of hydrogen-bond acceptors (Lipinski definition) is 4. The summed E-state index contributed by atoms with van der Waals surface area (Å²) in [4.78, 5) is 21.9. The van der Waals surface area contributed by atoms with Crippen LogP contribution >= 0.6 is 23.7 Å². The average Bonchev–Trinajstić information content (AvgIpc) is 2.27. The Morgan fingerprint density at radius 2 is 1.43 bits per heavy atom. The van der Waals surface area contributed by atoms with E-state index < -0.39 is 11.9 Å². The maximum absolute atomic E-state index is 10.9. The molecule has 0 amide bonds. The normalized spacial score (nSPS) is 9.29. The molecule has 6 heteroatoms. The monoisotopic (exact) mass is 234 g/mol. The summed E-state index contributed by atoms with van der Waals surface area (Å²) in [5.41, 5.74) is 0.277. The molecule has 0 unspecified atom stereocenters. The lowest BCUT2D eigenvalue weighted by Crippen LogP contribution is -2.03. The Morgan fingerprint density at radius 3 is 1.79 bits per heavy atom. The van der Waals surface area contributed by atoms with E-state index in [-0.39, 0.29) is 11.1 Å². The summed E-state index contributed by atoms with van der Waals surface area (Å²) in [6.45, 7) is 0. The molecule has 0 N–H and O–H groups in total. The molecule has 1 rings (SSSR count). The molecule has 1 aromatic carbocycles. The minimum atomic E-state index is -0.754. The third-order valence-corrected chi connectivity index (χ3v) is 1.75. The SMILES string of the molecule is O=C(OCl)c1cccc(C(=O)OCl)c1. The van der Waals surface area contributed by atoms with E-state index in [1.54, 1.807) is 0 Å². The van der Waals surface area contributed by atoms with E-state index in [0.29, 0.717) is 0 Å². The summed E-state index contributed by atoms with van der Waals surface area (Å²) < 4.78 is 7.91. The zero-order chi connectivity index (χ0) is 10.6. The lowest BCUT2D eigenvalue weighted by Gasteiger charge is -1.99. The molecule has 74 valence electrons. The molecular formula is C8H4Cl2O4. The third kappa shape index (κ3) is 2.37. The Hall–Kier alpha value is -1.26. The van der Waals surface area contributed by atoms with Gasteiger partial charge in [-0.25, -0.2) is 9.59 Å². The van der Waals surface area contributed by atoms with Gasteiger partial charge in [-0.3, -0.25) is 0 Å². The Kier molecular flexibility index (Phi) is 3.73. The van der Waals surface area contributed by atoms with Gasteiger partial charge in [0.15, 0.2) is 0 Å². The topological polar surface area (TPSA) is 52.6 Å². The molecule has 4 nitrogen and oxygen atoms in total. The molecule has 1 aromatic rings. The fraction of sp³-hybridized carbons (Fsp3) is 0. The third-order valence-electron chi connectivity index (χ3n) is 1.47. The van der Waals surface area contributed by atoms with Crippen LogP contribution in [0.1, 0.15) is 20.7 Å². The van der Waals surface area contributed by atoms with E-state index in [2.05, 4.69) is 8.58 Å². The van der Waals surface area contributed by atoms with Crippen molar-refractivity contribution in [3.63, 3.8) is 0 Å². The molecule has 0 atom stereocenters. The van der Waals surface area contributed by atoms with Crippen LogP contribution in [0.2, 0.25) is 0 Å². The molecule has 0 radical (unpaired) electrons. The highest BCUT2D eigenvalue weighted by atomic mass is 35.5. The van der Waals surface area contributed by atoms with Gasteiger partial charge in [0.1, 0.15) is 23.7 Å². The number of benzene rings is 1. The van der Waals surface area contributed by atoms with Crippen LogP contribution < -0.4 is 0 Å². The van der Waals surface area contributed by atoms with Crippen molar-refractivity contribution in [2.24, 2.45) is 0 Å². The minimum Gasteiger partial charge on any atom is -0.343 e. The zero-order valence-electron chi connectivity index (χ0n) is 6.70. The van der Waals surface area contributed by atoms with Crippen LogP contribution in [0.3, 0.4) is 0 Å². The maximum Gasteiger partial charge on any atom is 0.356 e. The summed E-state index contributed by atoms with van der Waals surface area (Å²) >= 11 is 9.72. The Morgan fingerprint density at radius 1 is 1.00 bits per heavy atom. The second-order valence-corrected chi connectivity index (χ2v) is 2.62. The quantitative estimate of drug-likeness (QED) is 0.789. The van der Waals surface area contributed by atoms with Gasteiger partial charge in [0.2, 0.25) is 0 Å². The lowest BCUT2D eigenvalue weighted by atomic mass is 10.1. The van der Waals surface area contributed by atoms with Gasteiger partial charge in [-0.05, 0) is 18.2 Å². The van der Waals surface area contributed by atoms with Gasteiger partial charge in [-0.2, -0.15) is 0 Å². The van der Waals surface area contributed by atoms with E-state index in [1.807, 2.05) is 0 Å². The van der Waals surface area contributed by atoms with Crippen molar-refractivity contribution >= 4 is 35.7 Å². The van der Waals surface area contributed by atoms with Gasteiger partial charge in [-0.15, -0.1) is 0 Å². The van der Waals surface area contributed by atoms with Crippen molar-refractivity contribution in [3.05, 3.63) is 35.4 Å². The second kappa shape index (κ2) is 4.83. The first-order valence-corrected chi connectivity index (χ1v) is 4.06. The maximum atomic E-state index is 10.9. The van der Waals surface area contributed by atoms with Crippen LogP contribution in [-0.4, -0.2) is 11.9 Å². The van der Waals surface area contributed by atoms with Crippen molar-refractivity contribution in [2.45, 2.75) is 0 Å². The molecule has 0 saturated heterocycles. The fourth-order valence-corrected chi connectivity index (χ4v) is 1.04. The van der Waals surface area contributed by atoms with E-state index in [1.165, 1.54) is 24.3 Å². The van der Waals surface area contributed by atoms with E-state index in [9.17, 15) is 9.59 Å². The van der Waals surface area contributed by atoms with Gasteiger partial charge in [-0.1, -0.05) is 6.07 Å². The molecule has 0 saturated carbocycles. The number of hydrogen-bond donors (Lipinski definition) is 0. The van der Waals surface area contributed by atoms with Gasteiger partial charge in [0.25, 0.3) is 0 Å². The number of rotatable bonds is 2. The van der Waals surface area contributed by atoms with Gasteiger partial charge >= 0.3 is 11.9 Å². The molecule has 0 spiro atoms. The fourth-order valence-electron chi connectivity index (χ4n) is 0.862. The van der Waals surface area contributed by atoms with Crippen LogP contribution in [-0.2, 0) is 8.58 Å². The van der Waals surface area contributed by atoms with E-state index in [0.717, 1.165) is 0 Å². The highest BCUT2D eigenvalue weighted by molar-refractivity contribution is 6.17. The van der Waals surface area contributed by atoms with Crippen LogP contribution in [0, 0.1) is 0 Å². The summed E-state index contributed by atoms with van der Waals surface area (Å²) in [7, 11) is 0. The second-order valence-electron chi connectivity index (χ2n) is 2.31. The molecule has 0 aliphatic carbocycles. The summed E-state index contributed by atoms with van der Waals surface area (Å²) in [6.07, 6.45) is 0. The Labute approximate surface area is 89.7 Å². The molecule has 0 fully saturated rings. The summed E-state index contributed by atoms with van der Waals surface area (Å²) in [6, 6.07) is 5.62. The van der Waals surface area contributed by atoms with E-state index in [4.69, 9.17) is 23.7 Å². The molecule has 0 aliphatic rings. The number of halogens is 2. The Balaban J connectivity index is 3.01. The molecule has 0 aromatic heterocycles.